The van der Waals surface area contributed by atoms with Gasteiger partial charge in [-0.05, 0) is 26.3 Å². The summed E-state index contributed by atoms with van der Waals surface area (Å²) >= 11 is 0. The van der Waals surface area contributed by atoms with Gasteiger partial charge in [0.2, 0.25) is 5.91 Å². The molecule has 0 unspecified atom stereocenters. The molecule has 7 heteroatoms. The molecule has 2 rings (SSSR count). The van der Waals surface area contributed by atoms with Gasteiger partial charge in [-0.1, -0.05) is 0 Å². The highest BCUT2D eigenvalue weighted by Gasteiger charge is 2.30. The van der Waals surface area contributed by atoms with E-state index in [9.17, 15) is 14.4 Å². The van der Waals surface area contributed by atoms with Gasteiger partial charge in [-0.3, -0.25) is 14.5 Å². The Kier molecular flexibility index (Phi) is 5.43. The summed E-state index contributed by atoms with van der Waals surface area (Å²) in [6.07, 6.45) is 0. The molecule has 1 amide bonds. The minimum atomic E-state index is -0.442. The van der Waals surface area contributed by atoms with E-state index >= 15 is 0 Å². The minimum Gasteiger partial charge on any atom is -0.465 e. The molecule has 0 aliphatic carbocycles. The molecule has 1 aromatic rings. The number of hydrogen-bond donors (Lipinski definition) is 1. The van der Waals surface area contributed by atoms with E-state index in [1.54, 1.807) is 25.7 Å². The smallest absolute Gasteiger partial charge is 0.339 e. The number of rotatable bonds is 4. The second-order valence-corrected chi connectivity index (χ2v) is 6.20. The molecule has 1 atom stereocenters. The lowest BCUT2D eigenvalue weighted by Crippen LogP contribution is -2.52. The van der Waals surface area contributed by atoms with E-state index in [4.69, 9.17) is 4.74 Å². The van der Waals surface area contributed by atoms with Crippen molar-refractivity contribution in [1.82, 2.24) is 14.8 Å². The fraction of sp³-hybridized carbons (Fsp3) is 0.588. The summed E-state index contributed by atoms with van der Waals surface area (Å²) in [5, 5.41) is 0. The van der Waals surface area contributed by atoms with Crippen LogP contribution in [-0.4, -0.2) is 71.8 Å². The maximum absolute atomic E-state index is 12.9. The van der Waals surface area contributed by atoms with Crippen molar-refractivity contribution in [3.05, 3.63) is 22.5 Å². The highest BCUT2D eigenvalue weighted by atomic mass is 16.5. The standard InChI is InChI=1S/C17H25N3O4/c1-10-14(17(23)24-5)11(2)18-15(10)16(22)12(3)19-6-8-20(9-7-19)13(4)21/h12,18H,6-9H2,1-5H3/t12-/m0/s1. The first-order chi connectivity index (χ1) is 11.3. The van der Waals surface area contributed by atoms with Gasteiger partial charge in [0, 0.05) is 38.8 Å². The first-order valence-corrected chi connectivity index (χ1v) is 8.09. The van der Waals surface area contributed by atoms with Gasteiger partial charge >= 0.3 is 5.97 Å². The van der Waals surface area contributed by atoms with Gasteiger partial charge in [-0.2, -0.15) is 0 Å². The van der Waals surface area contributed by atoms with Crippen LogP contribution in [0, 0.1) is 13.8 Å². The van der Waals surface area contributed by atoms with Crippen LogP contribution in [0.1, 0.15) is 46.0 Å². The Morgan fingerprint density at radius 3 is 2.21 bits per heavy atom. The monoisotopic (exact) mass is 335 g/mol. The summed E-state index contributed by atoms with van der Waals surface area (Å²) in [5.41, 5.74) is 2.14. The molecule has 0 aromatic carbocycles. The molecule has 0 saturated carbocycles. The number of nitrogens with one attached hydrogen (secondary N) is 1. The summed E-state index contributed by atoms with van der Waals surface area (Å²) in [6.45, 7) is 9.51. The quantitative estimate of drug-likeness (QED) is 0.659. The van der Waals surface area contributed by atoms with Gasteiger partial charge in [0.25, 0.3) is 0 Å². The number of nitrogens with zero attached hydrogens (tertiary/aromatic N) is 2. The van der Waals surface area contributed by atoms with Crippen LogP contribution in [0.15, 0.2) is 0 Å². The Morgan fingerprint density at radius 2 is 1.71 bits per heavy atom. The highest BCUT2D eigenvalue weighted by Crippen LogP contribution is 2.21. The van der Waals surface area contributed by atoms with Crippen molar-refractivity contribution in [3.63, 3.8) is 0 Å². The molecule has 2 heterocycles. The van der Waals surface area contributed by atoms with E-state index in [0.717, 1.165) is 0 Å². The lowest BCUT2D eigenvalue weighted by atomic mass is 10.0. The van der Waals surface area contributed by atoms with Crippen LogP contribution < -0.4 is 0 Å². The molecule has 7 nitrogen and oxygen atoms in total. The first-order valence-electron chi connectivity index (χ1n) is 8.09. The summed E-state index contributed by atoms with van der Waals surface area (Å²) < 4.78 is 4.78. The Morgan fingerprint density at radius 1 is 1.12 bits per heavy atom. The number of ether oxygens (including phenoxy) is 1. The number of methoxy groups -OCH3 is 1. The molecule has 0 radical (unpaired) electrons. The summed E-state index contributed by atoms with van der Waals surface area (Å²) in [5.74, 6) is -0.433. The number of amides is 1. The number of aryl methyl sites for hydroxylation is 1. The largest absolute Gasteiger partial charge is 0.465 e. The van der Waals surface area contributed by atoms with E-state index in [1.807, 2.05) is 6.92 Å². The lowest BCUT2D eigenvalue weighted by molar-refractivity contribution is -0.130. The van der Waals surface area contributed by atoms with Crippen LogP contribution in [0.5, 0.6) is 0 Å². The predicted molar refractivity (Wildman–Crippen MR) is 89.2 cm³/mol. The maximum atomic E-state index is 12.9. The second-order valence-electron chi connectivity index (χ2n) is 6.20. The minimum absolute atomic E-state index is 0.0537. The third kappa shape index (κ3) is 3.36. The van der Waals surface area contributed by atoms with Crippen molar-refractivity contribution < 1.29 is 19.1 Å². The van der Waals surface area contributed by atoms with Crippen LogP contribution in [0.25, 0.3) is 0 Å². The van der Waals surface area contributed by atoms with Crippen molar-refractivity contribution in [1.29, 1.82) is 0 Å². The second kappa shape index (κ2) is 7.17. The number of piperazine rings is 1. The third-order valence-corrected chi connectivity index (χ3v) is 4.76. The number of hydrogen-bond acceptors (Lipinski definition) is 5. The normalized spacial score (nSPS) is 16.8. The highest BCUT2D eigenvalue weighted by molar-refractivity contribution is 6.03. The number of aromatic nitrogens is 1. The van der Waals surface area contributed by atoms with Crippen LogP contribution in [0.4, 0.5) is 0 Å². The van der Waals surface area contributed by atoms with E-state index in [2.05, 4.69) is 9.88 Å². The lowest BCUT2D eigenvalue weighted by Gasteiger charge is -2.37. The van der Waals surface area contributed by atoms with E-state index in [-0.39, 0.29) is 17.7 Å². The van der Waals surface area contributed by atoms with Crippen LogP contribution >= 0.6 is 0 Å². The van der Waals surface area contributed by atoms with Crippen molar-refractivity contribution in [2.45, 2.75) is 33.7 Å². The Hall–Kier alpha value is -2.15. The molecule has 1 aliphatic rings. The van der Waals surface area contributed by atoms with Crippen molar-refractivity contribution in [2.75, 3.05) is 33.3 Å². The van der Waals surface area contributed by atoms with E-state index in [1.165, 1.54) is 7.11 Å². The topological polar surface area (TPSA) is 82.7 Å². The average molecular weight is 335 g/mol. The molecular formula is C17H25N3O4. The molecule has 1 aromatic heterocycles. The Balaban J connectivity index is 2.15. The van der Waals surface area contributed by atoms with Crippen LogP contribution in [0.3, 0.4) is 0 Å². The average Bonchev–Trinajstić information content (AvgIpc) is 2.87. The number of Topliss-reactive ketones (excluding diaryl/α,β-unsaturated/α-hetero) is 1. The number of carbonyl (C=O) groups is 3. The van der Waals surface area contributed by atoms with Gasteiger partial charge in [0.1, 0.15) is 0 Å². The van der Waals surface area contributed by atoms with Gasteiger partial charge < -0.3 is 14.6 Å². The zero-order valence-electron chi connectivity index (χ0n) is 14.9. The van der Waals surface area contributed by atoms with Crippen LogP contribution in [0.2, 0.25) is 0 Å². The molecule has 1 saturated heterocycles. The summed E-state index contributed by atoms with van der Waals surface area (Å²) in [4.78, 5) is 43.0. The number of esters is 1. The molecule has 1 fully saturated rings. The van der Waals surface area contributed by atoms with Gasteiger partial charge in [-0.15, -0.1) is 0 Å². The Labute approximate surface area is 141 Å². The Bertz CT molecular complexity index is 657. The third-order valence-electron chi connectivity index (χ3n) is 4.76. The van der Waals surface area contributed by atoms with Gasteiger partial charge in [-0.25, -0.2) is 4.79 Å². The molecule has 24 heavy (non-hydrogen) atoms. The van der Waals surface area contributed by atoms with E-state index in [0.29, 0.717) is 48.7 Å². The van der Waals surface area contributed by atoms with Crippen molar-refractivity contribution in [3.8, 4) is 0 Å². The fourth-order valence-corrected chi connectivity index (χ4v) is 3.20. The summed E-state index contributed by atoms with van der Waals surface area (Å²) in [6, 6.07) is -0.318. The molecule has 1 aliphatic heterocycles. The molecule has 0 spiro atoms. The van der Waals surface area contributed by atoms with E-state index < -0.39 is 5.97 Å². The van der Waals surface area contributed by atoms with Gasteiger partial charge in [0.05, 0.1) is 24.4 Å². The number of ketones is 1. The maximum Gasteiger partial charge on any atom is 0.339 e. The molecular weight excluding hydrogens is 310 g/mol. The summed E-state index contributed by atoms with van der Waals surface area (Å²) in [7, 11) is 1.33. The molecule has 0 bridgehead atoms. The number of carbonyl (C=O) groups excluding carboxylic acids is 3. The zero-order chi connectivity index (χ0) is 18.0. The zero-order valence-corrected chi connectivity index (χ0v) is 14.9. The predicted octanol–water partition coefficient (Wildman–Crippen LogP) is 1.15. The molecule has 132 valence electrons. The van der Waals surface area contributed by atoms with Crippen molar-refractivity contribution >= 4 is 17.7 Å². The number of H-pyrrole nitrogens is 1. The van der Waals surface area contributed by atoms with Gasteiger partial charge in [0.15, 0.2) is 5.78 Å². The SMILES string of the molecule is COC(=O)c1c(C)[nH]c(C(=O)[C@H](C)N2CCN(C(C)=O)CC2)c1C. The van der Waals surface area contributed by atoms with Crippen molar-refractivity contribution in [2.24, 2.45) is 0 Å². The fourth-order valence-electron chi connectivity index (χ4n) is 3.20. The van der Waals surface area contributed by atoms with Crippen LogP contribution in [-0.2, 0) is 9.53 Å². The molecule has 1 N–H and O–H groups in total. The number of aromatic amines is 1. The first kappa shape index (κ1) is 18.2.